The van der Waals surface area contributed by atoms with Crippen LogP contribution in [0.2, 0.25) is 0 Å². The molecular weight excluding hydrogens is 422 g/mol. The average molecular weight is 444 g/mol. The summed E-state index contributed by atoms with van der Waals surface area (Å²) in [5.74, 6) is -0.411. The van der Waals surface area contributed by atoms with Gasteiger partial charge in [-0.15, -0.1) is 0 Å². The number of aromatic nitrogens is 2. The maximum Gasteiger partial charge on any atom is 0.273 e. The van der Waals surface area contributed by atoms with Crippen LogP contribution >= 0.6 is 12.2 Å². The molecule has 0 radical (unpaired) electrons. The van der Waals surface area contributed by atoms with Crippen molar-refractivity contribution in [3.63, 3.8) is 0 Å². The number of carbonyl (C=O) groups excluding carboxylic acids is 1. The van der Waals surface area contributed by atoms with E-state index in [1.54, 1.807) is 6.07 Å². The molecule has 32 heavy (non-hydrogen) atoms. The highest BCUT2D eigenvalue weighted by molar-refractivity contribution is 7.80. The number of benzene rings is 3. The van der Waals surface area contributed by atoms with Crippen LogP contribution in [0.25, 0.3) is 11.0 Å². The third kappa shape index (κ3) is 5.16. The molecule has 0 aliphatic heterocycles. The summed E-state index contributed by atoms with van der Waals surface area (Å²) < 4.78 is 1.44. The van der Waals surface area contributed by atoms with Crippen LogP contribution in [0.5, 0.6) is 0 Å². The lowest BCUT2D eigenvalue weighted by Gasteiger charge is -2.14. The molecule has 0 saturated carbocycles. The number of rotatable bonds is 5. The Morgan fingerprint density at radius 3 is 2.28 bits per heavy atom. The second-order valence-electron chi connectivity index (χ2n) is 7.09. The zero-order valence-corrected chi connectivity index (χ0v) is 17.9. The van der Waals surface area contributed by atoms with E-state index in [-0.39, 0.29) is 17.2 Å². The summed E-state index contributed by atoms with van der Waals surface area (Å²) in [4.78, 5) is 30.3. The summed E-state index contributed by atoms with van der Waals surface area (Å²) >= 11 is 5.20. The minimum Gasteiger partial charge on any atom is -0.331 e. The number of fused-ring (bicyclic) bond motifs is 1. The normalized spacial score (nSPS) is 10.5. The number of thiocarbonyl (C=S) groups is 1. The van der Waals surface area contributed by atoms with Crippen LogP contribution in [0.15, 0.2) is 89.7 Å². The number of anilines is 1. The number of nitrogens with one attached hydrogen (secondary N) is 3. The zero-order chi connectivity index (χ0) is 22.3. The molecule has 0 aliphatic rings. The van der Waals surface area contributed by atoms with Gasteiger partial charge in [0.25, 0.3) is 11.5 Å². The van der Waals surface area contributed by atoms with Gasteiger partial charge in [-0.3, -0.25) is 25.0 Å². The van der Waals surface area contributed by atoms with E-state index >= 15 is 0 Å². The number of hydrazine groups is 1. The first-order valence-electron chi connectivity index (χ1n) is 10.0. The SMILES string of the molecule is O=C(Cn1c(=O)c(Cc2ccccc2)nc2ccccc21)NNC(=S)Nc1ccccc1. The molecule has 0 unspecified atom stereocenters. The molecule has 1 heterocycles. The highest BCUT2D eigenvalue weighted by Gasteiger charge is 2.14. The summed E-state index contributed by atoms with van der Waals surface area (Å²) in [5.41, 5.74) is 8.30. The van der Waals surface area contributed by atoms with Gasteiger partial charge in [-0.1, -0.05) is 60.7 Å². The molecule has 7 nitrogen and oxygen atoms in total. The molecule has 0 atom stereocenters. The summed E-state index contributed by atoms with van der Waals surface area (Å²) in [5, 5.41) is 3.20. The van der Waals surface area contributed by atoms with E-state index in [9.17, 15) is 9.59 Å². The van der Waals surface area contributed by atoms with Crippen molar-refractivity contribution < 1.29 is 4.79 Å². The molecule has 3 aromatic carbocycles. The van der Waals surface area contributed by atoms with Gasteiger partial charge in [0.05, 0.1) is 11.0 Å². The molecule has 0 saturated heterocycles. The molecule has 4 rings (SSSR count). The van der Waals surface area contributed by atoms with Crippen LogP contribution < -0.4 is 21.7 Å². The molecule has 3 N–H and O–H groups in total. The molecule has 0 aliphatic carbocycles. The first-order chi connectivity index (χ1) is 15.6. The average Bonchev–Trinajstić information content (AvgIpc) is 2.82. The molecule has 1 amide bonds. The number of nitrogens with zero attached hydrogens (tertiary/aromatic N) is 2. The van der Waals surface area contributed by atoms with Crippen LogP contribution in [0.1, 0.15) is 11.3 Å². The molecule has 160 valence electrons. The van der Waals surface area contributed by atoms with Gasteiger partial charge < -0.3 is 5.32 Å². The van der Waals surface area contributed by atoms with Gasteiger partial charge in [0, 0.05) is 12.1 Å². The number of carbonyl (C=O) groups is 1. The maximum absolute atomic E-state index is 13.2. The van der Waals surface area contributed by atoms with E-state index in [2.05, 4.69) is 21.2 Å². The Morgan fingerprint density at radius 1 is 0.875 bits per heavy atom. The summed E-state index contributed by atoms with van der Waals surface area (Å²) in [6.07, 6.45) is 0.384. The lowest BCUT2D eigenvalue weighted by atomic mass is 10.1. The fraction of sp³-hybridized carbons (Fsp3) is 0.0833. The highest BCUT2D eigenvalue weighted by atomic mass is 32.1. The van der Waals surface area contributed by atoms with Gasteiger partial charge in [-0.2, -0.15) is 0 Å². The second-order valence-corrected chi connectivity index (χ2v) is 7.50. The number of hydrogen-bond donors (Lipinski definition) is 3. The van der Waals surface area contributed by atoms with E-state index in [0.717, 1.165) is 11.3 Å². The Bertz CT molecular complexity index is 1310. The summed E-state index contributed by atoms with van der Waals surface area (Å²) in [7, 11) is 0. The van der Waals surface area contributed by atoms with Crippen LogP contribution in [0, 0.1) is 0 Å². The van der Waals surface area contributed by atoms with Crippen molar-refractivity contribution in [3.05, 3.63) is 107 Å². The largest absolute Gasteiger partial charge is 0.331 e. The third-order valence-corrected chi connectivity index (χ3v) is 4.99. The summed E-state index contributed by atoms with van der Waals surface area (Å²) in [6, 6.07) is 26.3. The van der Waals surface area contributed by atoms with E-state index in [0.29, 0.717) is 23.1 Å². The van der Waals surface area contributed by atoms with E-state index < -0.39 is 5.91 Å². The van der Waals surface area contributed by atoms with Gasteiger partial charge in [0.2, 0.25) is 0 Å². The lowest BCUT2D eigenvalue weighted by molar-refractivity contribution is -0.122. The molecule has 1 aromatic heterocycles. The predicted molar refractivity (Wildman–Crippen MR) is 129 cm³/mol. The lowest BCUT2D eigenvalue weighted by Crippen LogP contribution is -2.46. The molecule has 0 spiro atoms. The summed E-state index contributed by atoms with van der Waals surface area (Å²) in [6.45, 7) is -0.176. The minimum absolute atomic E-state index is 0.176. The van der Waals surface area contributed by atoms with Crippen LogP contribution in [0.4, 0.5) is 5.69 Å². The standard InChI is InChI=1S/C24H21N5O2S/c30-22(27-28-24(32)25-18-11-5-2-6-12-18)16-29-21-14-8-7-13-19(21)26-20(23(29)31)15-17-9-3-1-4-10-17/h1-14H,15-16H2,(H,27,30)(H2,25,28,32). The number of para-hydroxylation sites is 3. The van der Waals surface area contributed by atoms with Crippen LogP contribution in [-0.2, 0) is 17.8 Å². The van der Waals surface area contributed by atoms with Crippen molar-refractivity contribution in [2.75, 3.05) is 5.32 Å². The van der Waals surface area contributed by atoms with Crippen LogP contribution in [0.3, 0.4) is 0 Å². The van der Waals surface area contributed by atoms with Crippen molar-refractivity contribution in [1.29, 1.82) is 0 Å². The van der Waals surface area contributed by atoms with E-state index in [1.807, 2.05) is 78.9 Å². The van der Waals surface area contributed by atoms with Crippen molar-refractivity contribution in [2.45, 2.75) is 13.0 Å². The Morgan fingerprint density at radius 2 is 1.53 bits per heavy atom. The van der Waals surface area contributed by atoms with Crippen molar-refractivity contribution in [1.82, 2.24) is 20.4 Å². The third-order valence-electron chi connectivity index (χ3n) is 4.78. The quantitative estimate of drug-likeness (QED) is 0.325. The first kappa shape index (κ1) is 21.2. The molecule has 0 fully saturated rings. The van der Waals surface area contributed by atoms with Gasteiger partial charge in [-0.05, 0) is 42.0 Å². The van der Waals surface area contributed by atoms with E-state index in [4.69, 9.17) is 12.2 Å². The maximum atomic E-state index is 13.2. The topological polar surface area (TPSA) is 88.0 Å². The Hall–Kier alpha value is -4.04. The van der Waals surface area contributed by atoms with Gasteiger partial charge in [0.15, 0.2) is 5.11 Å². The van der Waals surface area contributed by atoms with Crippen LogP contribution in [-0.4, -0.2) is 20.6 Å². The minimum atomic E-state index is -0.411. The first-order valence-corrected chi connectivity index (χ1v) is 10.4. The fourth-order valence-electron chi connectivity index (χ4n) is 3.30. The van der Waals surface area contributed by atoms with Gasteiger partial charge >= 0.3 is 0 Å². The fourth-order valence-corrected chi connectivity index (χ4v) is 3.47. The number of amides is 1. The Labute approximate surface area is 190 Å². The molecule has 8 heteroatoms. The van der Waals surface area contributed by atoms with E-state index in [1.165, 1.54) is 4.57 Å². The van der Waals surface area contributed by atoms with Gasteiger partial charge in [0.1, 0.15) is 12.2 Å². The predicted octanol–water partition coefficient (Wildman–Crippen LogP) is 3.01. The van der Waals surface area contributed by atoms with Crippen molar-refractivity contribution in [3.8, 4) is 0 Å². The Balaban J connectivity index is 1.51. The second kappa shape index (κ2) is 9.84. The Kier molecular flexibility index (Phi) is 6.52. The van der Waals surface area contributed by atoms with Crippen molar-refractivity contribution >= 4 is 40.0 Å². The van der Waals surface area contributed by atoms with Crippen molar-refractivity contribution in [2.24, 2.45) is 0 Å². The zero-order valence-electron chi connectivity index (χ0n) is 17.1. The number of hydrogen-bond acceptors (Lipinski definition) is 4. The smallest absolute Gasteiger partial charge is 0.273 e. The molecule has 4 aromatic rings. The monoisotopic (exact) mass is 443 g/mol. The van der Waals surface area contributed by atoms with Gasteiger partial charge in [-0.25, -0.2) is 4.98 Å². The molecular formula is C24H21N5O2S. The molecule has 0 bridgehead atoms. The highest BCUT2D eigenvalue weighted by Crippen LogP contribution is 2.12.